The fourth-order valence-electron chi connectivity index (χ4n) is 7.22. The number of aliphatic hydroxyl groups excluding tert-OH is 1. The fraction of sp³-hybridized carbons (Fsp3) is 0.394. The van der Waals surface area contributed by atoms with Crippen LogP contribution < -0.4 is 15.2 Å². The van der Waals surface area contributed by atoms with E-state index in [1.165, 1.54) is 11.7 Å². The summed E-state index contributed by atoms with van der Waals surface area (Å²) in [5, 5.41) is 17.6. The number of carbonyl (C=O) groups excluding carboxylic acids is 1. The Hall–Kier alpha value is -4.10. The predicted octanol–water partition coefficient (Wildman–Crippen LogP) is 3.41. The third kappa shape index (κ3) is 5.41. The molecule has 11 nitrogen and oxygen atoms in total. The first kappa shape index (κ1) is 30.9. The van der Waals surface area contributed by atoms with Crippen molar-refractivity contribution in [2.45, 2.75) is 63.2 Å². The highest BCUT2D eigenvalue weighted by molar-refractivity contribution is 6.71. The number of carbonyl (C=O) groups is 1. The van der Waals surface area contributed by atoms with Crippen molar-refractivity contribution in [3.05, 3.63) is 100 Å². The van der Waals surface area contributed by atoms with E-state index in [2.05, 4.69) is 10.3 Å². The summed E-state index contributed by atoms with van der Waals surface area (Å²) in [4.78, 5) is 40.9. The van der Waals surface area contributed by atoms with Gasteiger partial charge in [-0.1, -0.05) is 42.5 Å². The van der Waals surface area contributed by atoms with Gasteiger partial charge in [-0.15, -0.1) is 5.10 Å². The molecule has 45 heavy (non-hydrogen) atoms. The molecule has 4 aromatic rings. The van der Waals surface area contributed by atoms with E-state index < -0.39 is 13.9 Å². The molecule has 4 heterocycles. The standard InChI is InChI=1S/C33H39N5O6Si/c1-22-30(45(3,4)42)28(14-17-36-21-24(15-18-39)34-35-36)44-33(22)26-11-5-6-12-27(26)38(32(33)41)20-23-9-7-10-25(19-23)37-16-8-13-29(43-2)31(37)40/h5-13,16,19,21-22,28,30,39,42H,14-15,17-18,20H2,1-4H3/t22-,28+,30-,33+/m0/s1. The number of ether oxygens (including phenoxy) is 2. The maximum Gasteiger partial charge on any atom is 0.297 e. The summed E-state index contributed by atoms with van der Waals surface area (Å²) in [6.45, 7) is 6.63. The second-order valence-corrected chi connectivity index (χ2v) is 16.4. The summed E-state index contributed by atoms with van der Waals surface area (Å²) in [6, 6.07) is 18.7. The molecular weight excluding hydrogens is 590 g/mol. The van der Waals surface area contributed by atoms with Gasteiger partial charge in [0.15, 0.2) is 19.7 Å². The van der Waals surface area contributed by atoms with E-state index in [0.717, 1.165) is 16.8 Å². The van der Waals surface area contributed by atoms with E-state index >= 15 is 0 Å². The zero-order valence-corrected chi connectivity index (χ0v) is 27.0. The van der Waals surface area contributed by atoms with Gasteiger partial charge in [0.05, 0.1) is 31.1 Å². The first-order valence-corrected chi connectivity index (χ1v) is 18.3. The second-order valence-electron chi connectivity index (χ2n) is 12.4. The van der Waals surface area contributed by atoms with Gasteiger partial charge >= 0.3 is 0 Å². The number of hydrogen-bond donors (Lipinski definition) is 2. The van der Waals surface area contributed by atoms with Crippen molar-refractivity contribution in [3.8, 4) is 11.4 Å². The van der Waals surface area contributed by atoms with E-state index in [1.54, 1.807) is 27.9 Å². The molecule has 0 radical (unpaired) electrons. The third-order valence-corrected chi connectivity index (χ3v) is 11.7. The van der Waals surface area contributed by atoms with Gasteiger partial charge in [-0.2, -0.15) is 0 Å². The zero-order chi connectivity index (χ0) is 31.9. The van der Waals surface area contributed by atoms with Crippen molar-refractivity contribution < 1.29 is 24.2 Å². The highest BCUT2D eigenvalue weighted by Crippen LogP contribution is 2.59. The molecule has 0 unspecified atom stereocenters. The molecule has 2 aliphatic heterocycles. The molecule has 4 atom stereocenters. The average Bonchev–Trinajstić information content (AvgIpc) is 3.66. The number of fused-ring (bicyclic) bond motifs is 2. The molecular formula is C33H39N5O6Si. The molecule has 6 rings (SSSR count). The number of hydrogen-bond acceptors (Lipinski definition) is 8. The number of methoxy groups -OCH3 is 1. The molecule has 1 spiro atoms. The Morgan fingerprint density at radius 2 is 1.89 bits per heavy atom. The van der Waals surface area contributed by atoms with Crippen LogP contribution in [0.15, 0.2) is 77.9 Å². The van der Waals surface area contributed by atoms with Gasteiger partial charge in [0.25, 0.3) is 11.5 Å². The van der Waals surface area contributed by atoms with Gasteiger partial charge < -0.3 is 24.3 Å². The maximum absolute atomic E-state index is 14.7. The largest absolute Gasteiger partial charge is 0.491 e. The number of anilines is 1. The van der Waals surface area contributed by atoms with Crippen LogP contribution in [0.3, 0.4) is 0 Å². The molecule has 2 aromatic heterocycles. The summed E-state index contributed by atoms with van der Waals surface area (Å²) in [5.74, 6) is -0.193. The van der Waals surface area contributed by atoms with Crippen LogP contribution in [-0.2, 0) is 34.6 Å². The van der Waals surface area contributed by atoms with Crippen molar-refractivity contribution in [2.24, 2.45) is 5.92 Å². The number of amides is 1. The van der Waals surface area contributed by atoms with Crippen LogP contribution in [0.4, 0.5) is 5.69 Å². The first-order chi connectivity index (χ1) is 21.6. The summed E-state index contributed by atoms with van der Waals surface area (Å²) in [5.41, 5.74) is 2.08. The van der Waals surface area contributed by atoms with Crippen LogP contribution in [0.1, 0.15) is 30.2 Å². The van der Waals surface area contributed by atoms with Crippen molar-refractivity contribution in [3.63, 3.8) is 0 Å². The van der Waals surface area contributed by atoms with Crippen molar-refractivity contribution >= 4 is 19.9 Å². The van der Waals surface area contributed by atoms with Gasteiger partial charge in [-0.25, -0.2) is 0 Å². The Morgan fingerprint density at radius 1 is 1.09 bits per heavy atom. The van der Waals surface area contributed by atoms with E-state index in [-0.39, 0.29) is 47.9 Å². The average molecular weight is 630 g/mol. The quantitative estimate of drug-likeness (QED) is 0.255. The van der Waals surface area contributed by atoms with Crippen molar-refractivity contribution in [1.82, 2.24) is 19.6 Å². The Bertz CT molecular complexity index is 1770. The molecule has 12 heteroatoms. The number of nitrogens with zero attached hydrogens (tertiary/aromatic N) is 5. The van der Waals surface area contributed by atoms with Crippen molar-refractivity contribution in [1.29, 1.82) is 0 Å². The van der Waals surface area contributed by atoms with Crippen LogP contribution in [0.5, 0.6) is 5.75 Å². The van der Waals surface area contributed by atoms with Crippen LogP contribution in [0.2, 0.25) is 18.6 Å². The highest BCUT2D eigenvalue weighted by atomic mass is 28.4. The lowest BCUT2D eigenvalue weighted by Crippen LogP contribution is -2.46. The Labute approximate surface area is 262 Å². The van der Waals surface area contributed by atoms with E-state index in [1.807, 2.05) is 74.7 Å². The molecule has 0 bridgehead atoms. The maximum atomic E-state index is 14.7. The summed E-state index contributed by atoms with van der Waals surface area (Å²) < 4.78 is 15.4. The molecule has 236 valence electrons. The van der Waals surface area contributed by atoms with Gasteiger partial charge in [0.1, 0.15) is 0 Å². The minimum Gasteiger partial charge on any atom is -0.491 e. The normalized spacial score (nSPS) is 22.8. The Balaban J connectivity index is 1.32. The minimum absolute atomic E-state index is 0.00131. The molecule has 2 aliphatic rings. The van der Waals surface area contributed by atoms with Crippen LogP contribution in [-0.4, -0.2) is 63.5 Å². The summed E-state index contributed by atoms with van der Waals surface area (Å²) in [6.07, 6.45) is 4.10. The number of para-hydroxylation sites is 1. The topological polar surface area (TPSA) is 132 Å². The number of aromatic nitrogens is 4. The second kappa shape index (κ2) is 12.0. The third-order valence-electron chi connectivity index (χ3n) is 9.15. The highest BCUT2D eigenvalue weighted by Gasteiger charge is 2.66. The SMILES string of the molecule is COc1cccn(-c2cccc(CN3C(=O)[C@]4(O[C@H](CCn5cc(CCO)nn5)[C@@H]([Si](C)(C)O)[C@@H]4C)c4ccccc43)c2)c1=O. The Morgan fingerprint density at radius 3 is 2.64 bits per heavy atom. The van der Waals surface area contributed by atoms with E-state index in [0.29, 0.717) is 30.8 Å². The lowest BCUT2D eigenvalue weighted by Gasteiger charge is -2.32. The number of aliphatic hydroxyl groups is 1. The smallest absolute Gasteiger partial charge is 0.297 e. The number of rotatable bonds is 10. The van der Waals surface area contributed by atoms with E-state index in [9.17, 15) is 19.5 Å². The summed E-state index contributed by atoms with van der Waals surface area (Å²) >= 11 is 0. The van der Waals surface area contributed by atoms with Gasteiger partial charge in [0.2, 0.25) is 0 Å². The molecule has 2 N–H and O–H groups in total. The monoisotopic (exact) mass is 629 g/mol. The van der Waals surface area contributed by atoms with Crippen molar-refractivity contribution in [2.75, 3.05) is 18.6 Å². The van der Waals surface area contributed by atoms with Gasteiger partial charge in [0, 0.05) is 54.7 Å². The lowest BCUT2D eigenvalue weighted by molar-refractivity contribution is -0.146. The molecule has 1 fully saturated rings. The first-order valence-electron chi connectivity index (χ1n) is 15.2. The van der Waals surface area contributed by atoms with Crippen LogP contribution in [0, 0.1) is 5.92 Å². The minimum atomic E-state index is -2.81. The van der Waals surface area contributed by atoms with E-state index in [4.69, 9.17) is 9.47 Å². The Kier molecular flexibility index (Phi) is 8.25. The van der Waals surface area contributed by atoms with Gasteiger partial charge in [-0.05, 0) is 55.4 Å². The molecule has 1 saturated heterocycles. The zero-order valence-electron chi connectivity index (χ0n) is 26.0. The molecule has 2 aromatic carbocycles. The fourth-order valence-corrected chi connectivity index (χ4v) is 9.82. The van der Waals surface area contributed by atoms with Crippen LogP contribution in [0.25, 0.3) is 5.69 Å². The molecule has 0 aliphatic carbocycles. The number of pyridine rings is 1. The predicted molar refractivity (Wildman–Crippen MR) is 171 cm³/mol. The van der Waals surface area contributed by atoms with Crippen LogP contribution >= 0.6 is 0 Å². The summed E-state index contributed by atoms with van der Waals surface area (Å²) in [7, 11) is -1.34. The van der Waals surface area contributed by atoms with Gasteiger partial charge in [-0.3, -0.25) is 18.8 Å². The molecule has 1 amide bonds. The number of benzene rings is 2. The number of aryl methyl sites for hydroxylation is 1. The lowest BCUT2D eigenvalue weighted by atomic mass is 9.82. The molecule has 0 saturated carbocycles.